The number of amidine groups is 1. The number of nitrogens with two attached hydrogens (primary N) is 1. The third kappa shape index (κ3) is 2.35. The summed E-state index contributed by atoms with van der Waals surface area (Å²) in [6.45, 7) is 0. The molecule has 20 heavy (non-hydrogen) atoms. The van der Waals surface area contributed by atoms with Crippen LogP contribution in [0.1, 0.15) is 5.56 Å². The summed E-state index contributed by atoms with van der Waals surface area (Å²) in [7, 11) is 0. The van der Waals surface area contributed by atoms with Gasteiger partial charge in [-0.3, -0.25) is 10.4 Å². The molecule has 0 fully saturated rings. The van der Waals surface area contributed by atoms with Gasteiger partial charge in [-0.25, -0.2) is 4.98 Å². The lowest BCUT2D eigenvalue weighted by molar-refractivity contribution is 1.13. The molecule has 0 saturated heterocycles. The molecule has 5 heteroatoms. The van der Waals surface area contributed by atoms with Gasteiger partial charge in [-0.15, -0.1) is 0 Å². The first-order valence-corrected chi connectivity index (χ1v) is 6.88. The van der Waals surface area contributed by atoms with Crippen molar-refractivity contribution in [3.8, 4) is 0 Å². The largest absolute Gasteiger partial charge is 0.384 e. The van der Waals surface area contributed by atoms with Crippen LogP contribution in [0.15, 0.2) is 64.8 Å². The number of pyridine rings is 2. The van der Waals surface area contributed by atoms with Gasteiger partial charge in [0.15, 0.2) is 0 Å². The van der Waals surface area contributed by atoms with Crippen LogP contribution in [0.4, 0.5) is 0 Å². The zero-order chi connectivity index (χ0) is 13.9. The molecule has 0 bridgehead atoms. The highest BCUT2D eigenvalue weighted by Gasteiger charge is 2.12. The molecular weight excluding hydrogens is 268 g/mol. The molecule has 0 spiro atoms. The highest BCUT2D eigenvalue weighted by Crippen LogP contribution is 2.34. The van der Waals surface area contributed by atoms with E-state index in [1.165, 1.54) is 11.8 Å². The standard InChI is InChI=1S/C15H12N4S/c16-15(17)11-9-19-12-6-2-1-5-10(12)14(11)20-13-7-3-4-8-18-13/h1-9H,(H3,16,17). The minimum Gasteiger partial charge on any atom is -0.384 e. The lowest BCUT2D eigenvalue weighted by Crippen LogP contribution is -2.13. The Bertz CT molecular complexity index is 771. The van der Waals surface area contributed by atoms with Crippen molar-refractivity contribution in [1.29, 1.82) is 5.41 Å². The summed E-state index contributed by atoms with van der Waals surface area (Å²) in [6.07, 6.45) is 3.40. The summed E-state index contributed by atoms with van der Waals surface area (Å²) in [5.74, 6) is 0.0154. The zero-order valence-corrected chi connectivity index (χ0v) is 11.4. The van der Waals surface area contributed by atoms with Crippen LogP contribution in [0.2, 0.25) is 0 Å². The fourth-order valence-corrected chi connectivity index (χ4v) is 2.95. The third-order valence-corrected chi connectivity index (χ3v) is 3.96. The predicted octanol–water partition coefficient (Wildman–Crippen LogP) is 3.07. The molecule has 3 aromatic rings. The Balaban J connectivity index is 2.20. The van der Waals surface area contributed by atoms with Crippen molar-refractivity contribution in [3.63, 3.8) is 0 Å². The molecule has 0 saturated carbocycles. The number of benzene rings is 1. The second kappa shape index (κ2) is 5.30. The quantitative estimate of drug-likeness (QED) is 0.571. The van der Waals surface area contributed by atoms with Crippen molar-refractivity contribution < 1.29 is 0 Å². The van der Waals surface area contributed by atoms with Gasteiger partial charge in [-0.05, 0) is 18.2 Å². The second-order valence-electron chi connectivity index (χ2n) is 4.20. The van der Waals surface area contributed by atoms with Gasteiger partial charge in [-0.2, -0.15) is 0 Å². The molecule has 0 radical (unpaired) electrons. The van der Waals surface area contributed by atoms with Gasteiger partial charge < -0.3 is 5.73 Å². The SMILES string of the molecule is N=C(N)c1cnc2ccccc2c1Sc1ccccn1. The minimum absolute atomic E-state index is 0.0154. The lowest BCUT2D eigenvalue weighted by atomic mass is 10.1. The van der Waals surface area contributed by atoms with Crippen molar-refractivity contribution >= 4 is 28.5 Å². The topological polar surface area (TPSA) is 75.7 Å². The molecule has 3 rings (SSSR count). The fraction of sp³-hybridized carbons (Fsp3) is 0. The van der Waals surface area contributed by atoms with E-state index in [1.54, 1.807) is 12.4 Å². The van der Waals surface area contributed by atoms with E-state index in [2.05, 4.69) is 9.97 Å². The number of nitrogens with one attached hydrogen (secondary N) is 1. The van der Waals surface area contributed by atoms with E-state index < -0.39 is 0 Å². The summed E-state index contributed by atoms with van der Waals surface area (Å²) in [5, 5.41) is 9.57. The van der Waals surface area contributed by atoms with Crippen LogP contribution >= 0.6 is 11.8 Å². The number of hydrogen-bond donors (Lipinski definition) is 2. The summed E-state index contributed by atoms with van der Waals surface area (Å²) in [4.78, 5) is 9.58. The molecule has 2 heterocycles. The van der Waals surface area contributed by atoms with Crippen LogP contribution in [0.5, 0.6) is 0 Å². The first-order chi connectivity index (χ1) is 9.75. The van der Waals surface area contributed by atoms with Crippen molar-refractivity contribution in [1.82, 2.24) is 9.97 Å². The normalized spacial score (nSPS) is 10.6. The van der Waals surface area contributed by atoms with Gasteiger partial charge in [-0.1, -0.05) is 36.0 Å². The molecule has 1 aromatic carbocycles. The van der Waals surface area contributed by atoms with Crippen molar-refractivity contribution in [3.05, 3.63) is 60.4 Å². The number of para-hydroxylation sites is 1. The van der Waals surface area contributed by atoms with E-state index in [1.807, 2.05) is 42.5 Å². The molecule has 3 N–H and O–H groups in total. The maximum Gasteiger partial charge on any atom is 0.125 e. The first-order valence-electron chi connectivity index (χ1n) is 6.07. The van der Waals surface area contributed by atoms with Gasteiger partial charge in [0.05, 0.1) is 5.52 Å². The molecule has 4 nitrogen and oxygen atoms in total. The van der Waals surface area contributed by atoms with Crippen LogP contribution in [0.25, 0.3) is 10.9 Å². The summed E-state index contributed by atoms with van der Waals surface area (Å²) in [5.41, 5.74) is 7.19. The third-order valence-electron chi connectivity index (χ3n) is 2.86. The van der Waals surface area contributed by atoms with E-state index in [0.29, 0.717) is 5.56 Å². The van der Waals surface area contributed by atoms with Crippen molar-refractivity contribution in [2.45, 2.75) is 9.92 Å². The number of nitrogens with zero attached hydrogens (tertiary/aromatic N) is 2. The van der Waals surface area contributed by atoms with Crippen LogP contribution < -0.4 is 5.73 Å². The minimum atomic E-state index is 0.0154. The first kappa shape index (κ1) is 12.6. The number of rotatable bonds is 3. The van der Waals surface area contributed by atoms with E-state index in [4.69, 9.17) is 11.1 Å². The summed E-state index contributed by atoms with van der Waals surface area (Å²) in [6, 6.07) is 13.6. The van der Waals surface area contributed by atoms with Crippen molar-refractivity contribution in [2.75, 3.05) is 0 Å². The van der Waals surface area contributed by atoms with Gasteiger partial charge >= 0.3 is 0 Å². The Morgan fingerprint density at radius 2 is 1.85 bits per heavy atom. The smallest absolute Gasteiger partial charge is 0.125 e. The molecule has 2 aromatic heterocycles. The molecule has 0 aliphatic carbocycles. The van der Waals surface area contributed by atoms with Crippen LogP contribution in [-0.2, 0) is 0 Å². The summed E-state index contributed by atoms with van der Waals surface area (Å²) >= 11 is 1.50. The number of fused-ring (bicyclic) bond motifs is 1. The molecule has 0 amide bonds. The predicted molar refractivity (Wildman–Crippen MR) is 81.1 cm³/mol. The van der Waals surface area contributed by atoms with Crippen LogP contribution in [0.3, 0.4) is 0 Å². The number of aromatic nitrogens is 2. The highest BCUT2D eigenvalue weighted by molar-refractivity contribution is 7.99. The highest BCUT2D eigenvalue weighted by atomic mass is 32.2. The van der Waals surface area contributed by atoms with Gasteiger partial charge in [0, 0.05) is 28.2 Å². The summed E-state index contributed by atoms with van der Waals surface area (Å²) < 4.78 is 0. The molecule has 0 aliphatic rings. The van der Waals surface area contributed by atoms with Gasteiger partial charge in [0.25, 0.3) is 0 Å². The Morgan fingerprint density at radius 3 is 2.60 bits per heavy atom. The Kier molecular flexibility index (Phi) is 3.35. The fourth-order valence-electron chi connectivity index (χ4n) is 1.93. The Morgan fingerprint density at radius 1 is 1.05 bits per heavy atom. The van der Waals surface area contributed by atoms with Crippen molar-refractivity contribution in [2.24, 2.45) is 5.73 Å². The molecule has 0 aliphatic heterocycles. The monoisotopic (exact) mass is 280 g/mol. The maximum absolute atomic E-state index is 7.72. The van der Waals surface area contributed by atoms with E-state index in [9.17, 15) is 0 Å². The number of hydrogen-bond acceptors (Lipinski definition) is 4. The average Bonchev–Trinajstić information content (AvgIpc) is 2.48. The molecule has 0 atom stereocenters. The molecule has 0 unspecified atom stereocenters. The molecular formula is C15H12N4S. The van der Waals surface area contributed by atoms with E-state index >= 15 is 0 Å². The Hall–Kier alpha value is -2.40. The Labute approximate surface area is 120 Å². The zero-order valence-electron chi connectivity index (χ0n) is 10.6. The van der Waals surface area contributed by atoms with Gasteiger partial charge in [0.1, 0.15) is 10.9 Å². The number of nitrogen functional groups attached to an aromatic ring is 1. The maximum atomic E-state index is 7.72. The lowest BCUT2D eigenvalue weighted by Gasteiger charge is -2.10. The average molecular weight is 280 g/mol. The van der Waals surface area contributed by atoms with Crippen LogP contribution in [0, 0.1) is 5.41 Å². The molecule has 98 valence electrons. The van der Waals surface area contributed by atoms with Crippen LogP contribution in [-0.4, -0.2) is 15.8 Å². The van der Waals surface area contributed by atoms with Gasteiger partial charge in [0.2, 0.25) is 0 Å². The van der Waals surface area contributed by atoms with E-state index in [0.717, 1.165) is 20.8 Å². The van der Waals surface area contributed by atoms with E-state index in [-0.39, 0.29) is 5.84 Å². The second-order valence-corrected chi connectivity index (χ2v) is 5.23.